The molecule has 2 aromatic rings. The molecular weight excluding hydrogens is 342 g/mol. The number of alkyl halides is 1. The molecule has 0 saturated heterocycles. The summed E-state index contributed by atoms with van der Waals surface area (Å²) in [6.07, 6.45) is 0.882. The molecule has 0 aliphatic rings. The number of aryl methyl sites for hydroxylation is 1. The van der Waals surface area contributed by atoms with Crippen molar-refractivity contribution in [2.75, 3.05) is 19.4 Å². The molecule has 1 amide bonds. The lowest BCUT2D eigenvalue weighted by atomic mass is 10.1. The minimum absolute atomic E-state index is 0.0421. The Bertz CT molecular complexity index is 626. The van der Waals surface area contributed by atoms with Crippen LogP contribution in [0.15, 0.2) is 48.5 Å². The summed E-state index contributed by atoms with van der Waals surface area (Å²) >= 11 is 3.43. The van der Waals surface area contributed by atoms with Gasteiger partial charge < -0.3 is 9.64 Å². The highest BCUT2D eigenvalue weighted by molar-refractivity contribution is 9.09. The van der Waals surface area contributed by atoms with E-state index in [0.29, 0.717) is 17.9 Å². The van der Waals surface area contributed by atoms with Gasteiger partial charge in [-0.05, 0) is 29.7 Å². The summed E-state index contributed by atoms with van der Waals surface area (Å²) in [6, 6.07) is 15.8. The predicted octanol–water partition coefficient (Wildman–Crippen LogP) is 3.90. The standard InChI is InChI=1S/C18H20BrNO2/c1-20(2)18(21)16-12-14(10-11-19)8-9-17(16)22-13-15-6-4-3-5-7-15/h3-9,12H,10-11,13H2,1-2H3. The molecule has 0 spiro atoms. The fourth-order valence-corrected chi connectivity index (χ4v) is 2.57. The monoisotopic (exact) mass is 361 g/mol. The van der Waals surface area contributed by atoms with Gasteiger partial charge in [0, 0.05) is 19.4 Å². The largest absolute Gasteiger partial charge is 0.488 e. The Labute approximate surface area is 140 Å². The van der Waals surface area contributed by atoms with Gasteiger partial charge in [-0.3, -0.25) is 4.79 Å². The van der Waals surface area contributed by atoms with Crippen molar-refractivity contribution in [3.05, 3.63) is 65.2 Å². The number of amides is 1. The van der Waals surface area contributed by atoms with E-state index in [9.17, 15) is 4.79 Å². The van der Waals surface area contributed by atoms with Crippen molar-refractivity contribution in [3.8, 4) is 5.75 Å². The van der Waals surface area contributed by atoms with E-state index in [4.69, 9.17) is 4.74 Å². The van der Waals surface area contributed by atoms with Crippen LogP contribution in [-0.4, -0.2) is 30.2 Å². The molecule has 0 atom stereocenters. The number of hydrogen-bond acceptors (Lipinski definition) is 2. The first-order chi connectivity index (χ1) is 10.6. The summed E-state index contributed by atoms with van der Waals surface area (Å²) in [7, 11) is 3.50. The zero-order valence-electron chi connectivity index (χ0n) is 12.9. The van der Waals surface area contributed by atoms with Gasteiger partial charge in [-0.25, -0.2) is 0 Å². The van der Waals surface area contributed by atoms with Crippen LogP contribution >= 0.6 is 15.9 Å². The minimum Gasteiger partial charge on any atom is -0.488 e. The van der Waals surface area contributed by atoms with Crippen molar-refractivity contribution in [1.82, 2.24) is 4.90 Å². The van der Waals surface area contributed by atoms with E-state index in [-0.39, 0.29) is 5.91 Å². The highest BCUT2D eigenvalue weighted by Gasteiger charge is 2.15. The molecule has 0 saturated carbocycles. The molecule has 2 rings (SSSR count). The SMILES string of the molecule is CN(C)C(=O)c1cc(CCBr)ccc1OCc1ccccc1. The zero-order valence-corrected chi connectivity index (χ0v) is 14.5. The number of hydrogen-bond donors (Lipinski definition) is 0. The fourth-order valence-electron chi connectivity index (χ4n) is 2.11. The molecule has 4 heteroatoms. The number of halogens is 1. The second-order valence-electron chi connectivity index (χ2n) is 5.24. The first-order valence-corrected chi connectivity index (χ1v) is 8.31. The van der Waals surface area contributed by atoms with E-state index < -0.39 is 0 Å². The number of rotatable bonds is 6. The number of ether oxygens (including phenoxy) is 1. The first kappa shape index (κ1) is 16.6. The Morgan fingerprint density at radius 3 is 2.45 bits per heavy atom. The van der Waals surface area contributed by atoms with Gasteiger partial charge in [0.05, 0.1) is 5.56 Å². The Morgan fingerprint density at radius 1 is 1.09 bits per heavy atom. The van der Waals surface area contributed by atoms with Gasteiger partial charge in [0.1, 0.15) is 12.4 Å². The van der Waals surface area contributed by atoms with Gasteiger partial charge in [-0.2, -0.15) is 0 Å². The van der Waals surface area contributed by atoms with Crippen LogP contribution in [0.1, 0.15) is 21.5 Å². The summed E-state index contributed by atoms with van der Waals surface area (Å²) in [5.41, 5.74) is 2.81. The Balaban J connectivity index is 2.23. The molecule has 2 aromatic carbocycles. The second-order valence-corrected chi connectivity index (χ2v) is 6.04. The number of nitrogens with zero attached hydrogens (tertiary/aromatic N) is 1. The van der Waals surface area contributed by atoms with Crippen LogP contribution in [0.4, 0.5) is 0 Å². The fraction of sp³-hybridized carbons (Fsp3) is 0.278. The number of carbonyl (C=O) groups is 1. The highest BCUT2D eigenvalue weighted by Crippen LogP contribution is 2.23. The maximum atomic E-state index is 12.4. The third-order valence-corrected chi connectivity index (χ3v) is 3.70. The van der Waals surface area contributed by atoms with Crippen molar-refractivity contribution in [2.24, 2.45) is 0 Å². The summed E-state index contributed by atoms with van der Waals surface area (Å²) in [4.78, 5) is 13.9. The van der Waals surface area contributed by atoms with Gasteiger partial charge in [0.15, 0.2) is 0 Å². The lowest BCUT2D eigenvalue weighted by Gasteiger charge is -2.16. The molecule has 116 valence electrons. The molecule has 0 aliphatic carbocycles. The smallest absolute Gasteiger partial charge is 0.257 e. The van der Waals surface area contributed by atoms with E-state index in [1.807, 2.05) is 48.5 Å². The van der Waals surface area contributed by atoms with Gasteiger partial charge in [0.2, 0.25) is 0 Å². The normalized spacial score (nSPS) is 10.3. The number of carbonyl (C=O) groups excluding carboxylic acids is 1. The van der Waals surface area contributed by atoms with Gasteiger partial charge in [0.25, 0.3) is 5.91 Å². The Morgan fingerprint density at radius 2 is 1.82 bits per heavy atom. The molecule has 0 N–H and O–H groups in total. The van der Waals surface area contributed by atoms with Crippen molar-refractivity contribution >= 4 is 21.8 Å². The van der Waals surface area contributed by atoms with E-state index in [0.717, 1.165) is 22.9 Å². The molecule has 0 aliphatic heterocycles. The summed E-state index contributed by atoms with van der Waals surface area (Å²) in [5, 5.41) is 0.868. The summed E-state index contributed by atoms with van der Waals surface area (Å²) in [6.45, 7) is 0.451. The van der Waals surface area contributed by atoms with Crippen LogP contribution in [0.2, 0.25) is 0 Å². The summed E-state index contributed by atoms with van der Waals surface area (Å²) < 4.78 is 5.87. The van der Waals surface area contributed by atoms with Gasteiger partial charge in [-0.1, -0.05) is 52.3 Å². The summed E-state index contributed by atoms with van der Waals surface area (Å²) in [5.74, 6) is 0.584. The maximum absolute atomic E-state index is 12.4. The lowest BCUT2D eigenvalue weighted by molar-refractivity contribution is 0.0822. The average molecular weight is 362 g/mol. The third-order valence-electron chi connectivity index (χ3n) is 3.30. The Kier molecular flexibility index (Phi) is 6.01. The quantitative estimate of drug-likeness (QED) is 0.730. The van der Waals surface area contributed by atoms with Crippen LogP contribution in [0.25, 0.3) is 0 Å². The zero-order chi connectivity index (χ0) is 15.9. The molecule has 0 fully saturated rings. The molecule has 22 heavy (non-hydrogen) atoms. The number of benzene rings is 2. The molecule has 3 nitrogen and oxygen atoms in total. The van der Waals surface area contributed by atoms with E-state index in [1.165, 1.54) is 0 Å². The average Bonchev–Trinajstić information content (AvgIpc) is 2.54. The highest BCUT2D eigenvalue weighted by atomic mass is 79.9. The van der Waals surface area contributed by atoms with Crippen LogP contribution in [0, 0.1) is 0 Å². The van der Waals surface area contributed by atoms with Gasteiger partial charge in [-0.15, -0.1) is 0 Å². The molecular formula is C18H20BrNO2. The lowest BCUT2D eigenvalue weighted by Crippen LogP contribution is -2.22. The van der Waals surface area contributed by atoms with Crippen LogP contribution in [0.3, 0.4) is 0 Å². The van der Waals surface area contributed by atoms with E-state index >= 15 is 0 Å². The van der Waals surface area contributed by atoms with Crippen molar-refractivity contribution in [2.45, 2.75) is 13.0 Å². The molecule has 0 bridgehead atoms. The molecule has 0 aromatic heterocycles. The van der Waals surface area contributed by atoms with Crippen LogP contribution in [0.5, 0.6) is 5.75 Å². The minimum atomic E-state index is -0.0421. The van der Waals surface area contributed by atoms with Crippen LogP contribution < -0.4 is 4.74 Å². The third kappa shape index (κ3) is 4.34. The topological polar surface area (TPSA) is 29.5 Å². The molecule has 0 unspecified atom stereocenters. The van der Waals surface area contributed by atoms with E-state index in [1.54, 1.807) is 19.0 Å². The van der Waals surface area contributed by atoms with Crippen molar-refractivity contribution < 1.29 is 9.53 Å². The van der Waals surface area contributed by atoms with Crippen molar-refractivity contribution in [3.63, 3.8) is 0 Å². The predicted molar refractivity (Wildman–Crippen MR) is 92.7 cm³/mol. The van der Waals surface area contributed by atoms with Crippen molar-refractivity contribution in [1.29, 1.82) is 0 Å². The maximum Gasteiger partial charge on any atom is 0.257 e. The first-order valence-electron chi connectivity index (χ1n) is 7.19. The molecule has 0 radical (unpaired) electrons. The van der Waals surface area contributed by atoms with Gasteiger partial charge >= 0.3 is 0 Å². The Hall–Kier alpha value is -1.81. The van der Waals surface area contributed by atoms with Crippen LogP contribution in [-0.2, 0) is 13.0 Å². The van der Waals surface area contributed by atoms with E-state index in [2.05, 4.69) is 15.9 Å². The second kappa shape index (κ2) is 7.99. The molecule has 0 heterocycles.